The van der Waals surface area contributed by atoms with Crippen LogP contribution < -0.4 is 14.8 Å². The number of carbonyl (C=O) groups is 2. The number of non-ortho nitro benzene ring substituents is 1. The van der Waals surface area contributed by atoms with E-state index in [9.17, 15) is 19.7 Å². The summed E-state index contributed by atoms with van der Waals surface area (Å²) >= 11 is 5.89. The lowest BCUT2D eigenvalue weighted by Gasteiger charge is -2.09. The predicted octanol–water partition coefficient (Wildman–Crippen LogP) is 3.60. The van der Waals surface area contributed by atoms with Crippen molar-refractivity contribution in [3.63, 3.8) is 0 Å². The molecule has 0 atom stereocenters. The van der Waals surface area contributed by atoms with E-state index in [0.29, 0.717) is 18.1 Å². The van der Waals surface area contributed by atoms with Crippen molar-refractivity contribution in [1.82, 2.24) is 0 Å². The molecule has 0 aliphatic heterocycles. The minimum atomic E-state index is -0.673. The zero-order valence-corrected chi connectivity index (χ0v) is 16.3. The second-order valence-electron chi connectivity index (χ2n) is 5.63. The zero-order chi connectivity index (χ0) is 21.2. The molecule has 1 amide bonds. The van der Waals surface area contributed by atoms with Crippen molar-refractivity contribution in [2.75, 3.05) is 25.1 Å². The molecule has 29 heavy (non-hydrogen) atoms. The van der Waals surface area contributed by atoms with Gasteiger partial charge in [0.25, 0.3) is 11.6 Å². The monoisotopic (exact) mass is 422 g/mol. The molecule has 1 N–H and O–H groups in total. The standard InChI is InChI=1S/C19H19ClN2O7/c1-2-27-14-4-6-15(7-5-14)28-10-9-19(24)29-12-18(23)21-17-11-13(22(25)26)3-8-16(17)20/h3-8,11H,2,9-10,12H2,1H3,(H,21,23). The highest BCUT2D eigenvalue weighted by molar-refractivity contribution is 6.33. The topological polar surface area (TPSA) is 117 Å². The number of nitrogens with one attached hydrogen (secondary N) is 1. The number of hydrogen-bond donors (Lipinski definition) is 1. The van der Waals surface area contributed by atoms with E-state index in [1.807, 2.05) is 6.92 Å². The molecule has 0 bridgehead atoms. The Hall–Kier alpha value is -3.33. The molecule has 0 radical (unpaired) electrons. The Bertz CT molecular complexity index is 871. The third-order valence-electron chi connectivity index (χ3n) is 3.51. The van der Waals surface area contributed by atoms with Crippen LogP contribution in [0.15, 0.2) is 42.5 Å². The molecule has 154 valence electrons. The number of anilines is 1. The minimum Gasteiger partial charge on any atom is -0.494 e. The number of halogens is 1. The van der Waals surface area contributed by atoms with Gasteiger partial charge in [0.05, 0.1) is 35.3 Å². The van der Waals surface area contributed by atoms with Gasteiger partial charge in [-0.2, -0.15) is 0 Å². The Kier molecular flexibility index (Phi) is 8.23. The molecule has 2 aromatic carbocycles. The second-order valence-corrected chi connectivity index (χ2v) is 6.04. The van der Waals surface area contributed by atoms with Gasteiger partial charge in [0, 0.05) is 12.1 Å². The lowest BCUT2D eigenvalue weighted by atomic mass is 10.3. The largest absolute Gasteiger partial charge is 0.494 e. The van der Waals surface area contributed by atoms with Crippen LogP contribution in [0.2, 0.25) is 5.02 Å². The van der Waals surface area contributed by atoms with Gasteiger partial charge in [-0.25, -0.2) is 0 Å². The van der Waals surface area contributed by atoms with E-state index in [0.717, 1.165) is 6.07 Å². The van der Waals surface area contributed by atoms with Gasteiger partial charge in [0.1, 0.15) is 11.5 Å². The molecule has 0 unspecified atom stereocenters. The molecule has 0 aliphatic carbocycles. The molecule has 0 aliphatic rings. The van der Waals surface area contributed by atoms with E-state index in [1.165, 1.54) is 12.1 Å². The van der Waals surface area contributed by atoms with Crippen molar-refractivity contribution < 1.29 is 28.7 Å². The van der Waals surface area contributed by atoms with E-state index < -0.39 is 23.4 Å². The van der Waals surface area contributed by atoms with Crippen LogP contribution in [0.25, 0.3) is 0 Å². The Morgan fingerprint density at radius 3 is 2.38 bits per heavy atom. The molecule has 2 rings (SSSR count). The summed E-state index contributed by atoms with van der Waals surface area (Å²) in [5.74, 6) is -0.0159. The van der Waals surface area contributed by atoms with Crippen molar-refractivity contribution in [1.29, 1.82) is 0 Å². The molecule has 0 saturated carbocycles. The molecular formula is C19H19ClN2O7. The number of benzene rings is 2. The van der Waals surface area contributed by atoms with Crippen LogP contribution in [-0.2, 0) is 14.3 Å². The van der Waals surface area contributed by atoms with Gasteiger partial charge in [-0.1, -0.05) is 11.6 Å². The van der Waals surface area contributed by atoms with Gasteiger partial charge in [-0.05, 0) is 37.3 Å². The van der Waals surface area contributed by atoms with Gasteiger partial charge in [0.2, 0.25) is 0 Å². The van der Waals surface area contributed by atoms with E-state index >= 15 is 0 Å². The average molecular weight is 423 g/mol. The quantitative estimate of drug-likeness (QED) is 0.353. The maximum absolute atomic E-state index is 11.9. The summed E-state index contributed by atoms with van der Waals surface area (Å²) in [6, 6.07) is 10.6. The number of ether oxygens (including phenoxy) is 3. The summed E-state index contributed by atoms with van der Waals surface area (Å²) in [6.45, 7) is 1.97. The second kappa shape index (κ2) is 10.9. The molecule has 0 saturated heterocycles. The lowest BCUT2D eigenvalue weighted by Crippen LogP contribution is -2.21. The first-order chi connectivity index (χ1) is 13.9. The Morgan fingerprint density at radius 1 is 1.10 bits per heavy atom. The van der Waals surface area contributed by atoms with Crippen molar-refractivity contribution >= 4 is 34.9 Å². The summed E-state index contributed by atoms with van der Waals surface area (Å²) < 4.78 is 15.6. The smallest absolute Gasteiger partial charge is 0.309 e. The number of carbonyl (C=O) groups excluding carboxylic acids is 2. The third kappa shape index (κ3) is 7.30. The van der Waals surface area contributed by atoms with E-state index in [1.54, 1.807) is 24.3 Å². The molecule has 9 nitrogen and oxygen atoms in total. The van der Waals surface area contributed by atoms with Crippen LogP contribution in [0, 0.1) is 10.1 Å². The molecule has 0 aromatic heterocycles. The summed E-state index contributed by atoms with van der Waals surface area (Å²) in [7, 11) is 0. The minimum absolute atomic E-state index is 0.0562. The number of nitro benzene ring substituents is 1. The van der Waals surface area contributed by atoms with Crippen LogP contribution in [0.5, 0.6) is 11.5 Å². The zero-order valence-electron chi connectivity index (χ0n) is 15.6. The summed E-state index contributed by atoms with van der Waals surface area (Å²) in [6.07, 6.45) is -0.0575. The summed E-state index contributed by atoms with van der Waals surface area (Å²) in [5.41, 5.74) is -0.172. The van der Waals surface area contributed by atoms with Crippen LogP contribution in [0.1, 0.15) is 13.3 Å². The van der Waals surface area contributed by atoms with Crippen LogP contribution in [0.4, 0.5) is 11.4 Å². The number of rotatable bonds is 10. The number of esters is 1. The summed E-state index contributed by atoms with van der Waals surface area (Å²) in [4.78, 5) is 33.8. The van der Waals surface area contributed by atoms with Crippen LogP contribution in [-0.4, -0.2) is 36.6 Å². The van der Waals surface area contributed by atoms with E-state index in [2.05, 4.69) is 5.32 Å². The number of amides is 1. The van der Waals surface area contributed by atoms with Crippen molar-refractivity contribution in [2.45, 2.75) is 13.3 Å². The molecule has 0 spiro atoms. The van der Waals surface area contributed by atoms with E-state index in [4.69, 9.17) is 25.8 Å². The SMILES string of the molecule is CCOc1ccc(OCCC(=O)OCC(=O)Nc2cc([N+](=O)[O-])ccc2Cl)cc1. The van der Waals surface area contributed by atoms with Gasteiger partial charge >= 0.3 is 5.97 Å². The third-order valence-corrected chi connectivity index (χ3v) is 3.84. The molecule has 10 heteroatoms. The van der Waals surface area contributed by atoms with Crippen molar-refractivity contribution in [2.24, 2.45) is 0 Å². The van der Waals surface area contributed by atoms with Crippen LogP contribution in [0.3, 0.4) is 0 Å². The van der Waals surface area contributed by atoms with Crippen LogP contribution >= 0.6 is 11.6 Å². The highest BCUT2D eigenvalue weighted by Crippen LogP contribution is 2.26. The predicted molar refractivity (Wildman–Crippen MR) is 105 cm³/mol. The fourth-order valence-electron chi connectivity index (χ4n) is 2.18. The van der Waals surface area contributed by atoms with E-state index in [-0.39, 0.29) is 29.4 Å². The Balaban J connectivity index is 1.72. The van der Waals surface area contributed by atoms with Gasteiger partial charge < -0.3 is 19.5 Å². The van der Waals surface area contributed by atoms with Gasteiger partial charge in [0.15, 0.2) is 6.61 Å². The first-order valence-corrected chi connectivity index (χ1v) is 9.02. The maximum Gasteiger partial charge on any atom is 0.309 e. The maximum atomic E-state index is 11.9. The summed E-state index contributed by atoms with van der Waals surface area (Å²) in [5, 5.41) is 13.3. The van der Waals surface area contributed by atoms with Gasteiger partial charge in [-0.3, -0.25) is 19.7 Å². The molecule has 0 fully saturated rings. The Morgan fingerprint density at radius 2 is 1.76 bits per heavy atom. The highest BCUT2D eigenvalue weighted by Gasteiger charge is 2.13. The number of hydrogen-bond acceptors (Lipinski definition) is 7. The molecule has 0 heterocycles. The highest BCUT2D eigenvalue weighted by atomic mass is 35.5. The Labute approximate surface area is 171 Å². The van der Waals surface area contributed by atoms with Crippen molar-refractivity contribution in [3.05, 3.63) is 57.6 Å². The first-order valence-electron chi connectivity index (χ1n) is 8.64. The van der Waals surface area contributed by atoms with Crippen molar-refractivity contribution in [3.8, 4) is 11.5 Å². The molecular weight excluding hydrogens is 404 g/mol. The normalized spacial score (nSPS) is 10.1. The number of nitro groups is 1. The average Bonchev–Trinajstić information content (AvgIpc) is 2.69. The fourth-order valence-corrected chi connectivity index (χ4v) is 2.34. The fraction of sp³-hybridized carbons (Fsp3) is 0.263. The lowest BCUT2D eigenvalue weighted by molar-refractivity contribution is -0.384. The van der Waals surface area contributed by atoms with Gasteiger partial charge in [-0.15, -0.1) is 0 Å². The number of nitrogens with zero attached hydrogens (tertiary/aromatic N) is 1. The molecule has 2 aromatic rings. The first kappa shape index (κ1) is 22.0.